The van der Waals surface area contributed by atoms with Gasteiger partial charge in [-0.2, -0.15) is 0 Å². The normalized spacial score (nSPS) is 13.0. The molecule has 0 saturated heterocycles. The predicted octanol–water partition coefficient (Wildman–Crippen LogP) is 2.72. The number of rotatable bonds is 13. The number of amides is 1. The van der Waals surface area contributed by atoms with Crippen molar-refractivity contribution in [3.63, 3.8) is 0 Å². The van der Waals surface area contributed by atoms with Gasteiger partial charge in [-0.1, -0.05) is 19.9 Å². The van der Waals surface area contributed by atoms with E-state index in [9.17, 15) is 9.90 Å². The molecule has 0 bridgehead atoms. The Morgan fingerprint density at radius 2 is 1.52 bits per heavy atom. The van der Waals surface area contributed by atoms with Gasteiger partial charge in [0.2, 0.25) is 0 Å². The van der Waals surface area contributed by atoms with Crippen LogP contribution in [0.1, 0.15) is 20.3 Å². The number of aliphatic hydroxyl groups is 1. The Morgan fingerprint density at radius 3 is 2.11 bits per heavy atom. The molecule has 1 aliphatic carbocycles. The second-order valence-electron chi connectivity index (χ2n) is 4.98. The first-order valence-electron chi connectivity index (χ1n) is 9.14. The van der Waals surface area contributed by atoms with Crippen molar-refractivity contribution in [1.82, 2.24) is 5.32 Å². The fourth-order valence-electron chi connectivity index (χ4n) is 1.73. The predicted molar refractivity (Wildman–Crippen MR) is 103 cm³/mol. The SMILES string of the molecule is CC.COCCOCCOCCOCCOC(=O)NC1=CC=C(O)CC=C1. The lowest BCUT2D eigenvalue weighted by Crippen LogP contribution is -2.24. The van der Waals surface area contributed by atoms with Gasteiger partial charge in [0.05, 0.1) is 52.0 Å². The van der Waals surface area contributed by atoms with E-state index in [1.54, 1.807) is 25.3 Å². The topological polar surface area (TPSA) is 95.5 Å². The highest BCUT2D eigenvalue weighted by molar-refractivity contribution is 5.70. The molecule has 8 heteroatoms. The Labute approximate surface area is 161 Å². The summed E-state index contributed by atoms with van der Waals surface area (Å²) in [6, 6.07) is 0. The number of carbonyl (C=O) groups is 1. The van der Waals surface area contributed by atoms with Gasteiger partial charge in [-0.3, -0.25) is 5.32 Å². The van der Waals surface area contributed by atoms with Crippen molar-refractivity contribution in [3.05, 3.63) is 35.8 Å². The second-order valence-corrected chi connectivity index (χ2v) is 4.98. The molecular formula is C19H33NO7. The molecule has 2 N–H and O–H groups in total. The molecule has 0 atom stereocenters. The molecule has 0 aromatic carbocycles. The zero-order chi connectivity index (χ0) is 20.2. The average molecular weight is 387 g/mol. The smallest absolute Gasteiger partial charge is 0.411 e. The van der Waals surface area contributed by atoms with E-state index < -0.39 is 6.09 Å². The third-order valence-corrected chi connectivity index (χ3v) is 2.96. The van der Waals surface area contributed by atoms with Gasteiger partial charge in [-0.25, -0.2) is 4.79 Å². The van der Waals surface area contributed by atoms with E-state index in [2.05, 4.69) is 5.32 Å². The molecule has 156 valence electrons. The third-order valence-electron chi connectivity index (χ3n) is 2.96. The number of carbonyl (C=O) groups excluding carboxylic acids is 1. The Bertz CT molecular complexity index is 461. The first-order chi connectivity index (χ1) is 13.2. The first kappa shape index (κ1) is 25.1. The molecule has 1 rings (SSSR count). The van der Waals surface area contributed by atoms with E-state index in [1.165, 1.54) is 6.08 Å². The summed E-state index contributed by atoms with van der Waals surface area (Å²) in [7, 11) is 1.62. The molecule has 1 aliphatic rings. The van der Waals surface area contributed by atoms with Crippen LogP contribution < -0.4 is 5.32 Å². The van der Waals surface area contributed by atoms with Crippen molar-refractivity contribution in [1.29, 1.82) is 0 Å². The Balaban J connectivity index is 0.00000326. The van der Waals surface area contributed by atoms with Crippen LogP contribution in [-0.2, 0) is 23.7 Å². The van der Waals surface area contributed by atoms with Crippen LogP contribution in [0.5, 0.6) is 0 Å². The maximum atomic E-state index is 11.6. The van der Waals surface area contributed by atoms with E-state index in [0.717, 1.165) is 0 Å². The highest BCUT2D eigenvalue weighted by Gasteiger charge is 2.04. The van der Waals surface area contributed by atoms with Gasteiger partial charge in [-0.05, 0) is 18.2 Å². The molecule has 0 fully saturated rings. The van der Waals surface area contributed by atoms with Gasteiger partial charge in [-0.15, -0.1) is 0 Å². The van der Waals surface area contributed by atoms with E-state index >= 15 is 0 Å². The van der Waals surface area contributed by atoms with E-state index in [1.807, 2.05) is 13.8 Å². The van der Waals surface area contributed by atoms with Crippen LogP contribution in [0.25, 0.3) is 0 Å². The van der Waals surface area contributed by atoms with Crippen LogP contribution in [0.15, 0.2) is 35.8 Å². The number of ether oxygens (including phenoxy) is 5. The molecule has 8 nitrogen and oxygen atoms in total. The number of nitrogens with one attached hydrogen (secondary N) is 1. The summed E-state index contributed by atoms with van der Waals surface area (Å²) in [5.41, 5.74) is 0.552. The van der Waals surface area contributed by atoms with Gasteiger partial charge in [0.15, 0.2) is 0 Å². The highest BCUT2D eigenvalue weighted by atomic mass is 16.6. The largest absolute Gasteiger partial charge is 0.512 e. The number of aliphatic hydroxyl groups excluding tert-OH is 1. The first-order valence-corrected chi connectivity index (χ1v) is 9.14. The second kappa shape index (κ2) is 18.9. The van der Waals surface area contributed by atoms with Crippen LogP contribution in [-0.4, -0.2) is 71.2 Å². The van der Waals surface area contributed by atoms with Crippen LogP contribution in [0.4, 0.5) is 4.79 Å². The molecule has 0 radical (unpaired) electrons. The molecule has 0 unspecified atom stereocenters. The molecule has 0 aromatic heterocycles. The lowest BCUT2D eigenvalue weighted by atomic mass is 10.3. The summed E-state index contributed by atoms with van der Waals surface area (Å²) in [5, 5.41) is 11.9. The minimum atomic E-state index is -0.571. The number of hydrogen-bond acceptors (Lipinski definition) is 7. The van der Waals surface area contributed by atoms with Gasteiger partial charge >= 0.3 is 6.09 Å². The number of allylic oxidation sites excluding steroid dienone is 4. The lowest BCUT2D eigenvalue weighted by molar-refractivity contribution is -0.00218. The Kier molecular flexibility index (Phi) is 17.6. The molecule has 27 heavy (non-hydrogen) atoms. The van der Waals surface area contributed by atoms with Crippen molar-refractivity contribution < 1.29 is 33.6 Å². The van der Waals surface area contributed by atoms with E-state index in [0.29, 0.717) is 51.8 Å². The highest BCUT2D eigenvalue weighted by Crippen LogP contribution is 2.06. The number of methoxy groups -OCH3 is 1. The molecule has 1 amide bonds. The van der Waals surface area contributed by atoms with Crippen molar-refractivity contribution >= 4 is 6.09 Å². The maximum Gasteiger partial charge on any atom is 0.411 e. The number of alkyl carbamates (subject to hydrolysis) is 1. The Morgan fingerprint density at radius 1 is 0.963 bits per heavy atom. The van der Waals surface area contributed by atoms with Crippen molar-refractivity contribution in [2.24, 2.45) is 0 Å². The van der Waals surface area contributed by atoms with Gasteiger partial charge in [0.25, 0.3) is 0 Å². The molecule has 0 heterocycles. The lowest BCUT2D eigenvalue weighted by Gasteiger charge is -2.08. The van der Waals surface area contributed by atoms with E-state index in [-0.39, 0.29) is 19.0 Å². The maximum absolute atomic E-state index is 11.6. The van der Waals surface area contributed by atoms with E-state index in [4.69, 9.17) is 23.7 Å². The van der Waals surface area contributed by atoms with Crippen molar-refractivity contribution in [3.8, 4) is 0 Å². The molecular weight excluding hydrogens is 354 g/mol. The summed E-state index contributed by atoms with van der Waals surface area (Å²) in [6.07, 6.45) is 6.45. The van der Waals surface area contributed by atoms with Gasteiger partial charge < -0.3 is 28.8 Å². The van der Waals surface area contributed by atoms with Gasteiger partial charge in [0.1, 0.15) is 6.61 Å². The summed E-state index contributed by atoms with van der Waals surface area (Å²) in [5.74, 6) is 0.235. The summed E-state index contributed by atoms with van der Waals surface area (Å²) >= 11 is 0. The van der Waals surface area contributed by atoms with Crippen LogP contribution in [0.3, 0.4) is 0 Å². The molecule has 0 spiro atoms. The zero-order valence-corrected chi connectivity index (χ0v) is 16.6. The Hall–Kier alpha value is -1.87. The summed E-state index contributed by atoms with van der Waals surface area (Å²) < 4.78 is 25.7. The van der Waals surface area contributed by atoms with Gasteiger partial charge in [0, 0.05) is 19.2 Å². The van der Waals surface area contributed by atoms with Crippen LogP contribution >= 0.6 is 0 Å². The molecule has 0 aromatic rings. The molecule has 0 aliphatic heterocycles. The minimum absolute atomic E-state index is 0.143. The standard InChI is InChI=1S/C17H27NO7.C2H6/c1-21-7-8-22-9-10-23-11-12-24-13-14-25-17(20)18-15-3-2-4-16(19)6-5-15;1-2/h2-3,5-6,19H,4,7-14H2,1H3,(H,18,20);1-2H3. The zero-order valence-electron chi connectivity index (χ0n) is 16.6. The monoisotopic (exact) mass is 387 g/mol. The number of hydrogen-bond donors (Lipinski definition) is 2. The average Bonchev–Trinajstić information content (AvgIpc) is 2.88. The van der Waals surface area contributed by atoms with Crippen molar-refractivity contribution in [2.75, 3.05) is 60.0 Å². The summed E-state index contributed by atoms with van der Waals surface area (Å²) in [4.78, 5) is 11.6. The van der Waals surface area contributed by atoms with Crippen LogP contribution in [0, 0.1) is 0 Å². The quantitative estimate of drug-likeness (QED) is 0.469. The fraction of sp³-hybridized carbons (Fsp3) is 0.632. The van der Waals surface area contributed by atoms with Crippen molar-refractivity contribution in [2.45, 2.75) is 20.3 Å². The minimum Gasteiger partial charge on any atom is -0.512 e. The summed E-state index contributed by atoms with van der Waals surface area (Å²) in [6.45, 7) is 7.45. The fourth-order valence-corrected chi connectivity index (χ4v) is 1.73. The molecule has 0 saturated carbocycles. The third kappa shape index (κ3) is 16.1. The van der Waals surface area contributed by atoms with Crippen LogP contribution in [0.2, 0.25) is 0 Å².